The fraction of sp³-hybridized carbons (Fsp3) is 0.235. The second kappa shape index (κ2) is 6.55. The smallest absolute Gasteiger partial charge is 0.259 e. The van der Waals surface area contributed by atoms with Crippen LogP contribution in [-0.2, 0) is 14.8 Å². The van der Waals surface area contributed by atoms with Gasteiger partial charge in [0.05, 0.1) is 29.4 Å². The number of carbonyl (C=O) groups excluding carboxylic acids is 1. The third kappa shape index (κ3) is 3.05. The molecule has 0 aromatic heterocycles. The van der Waals surface area contributed by atoms with E-state index in [4.69, 9.17) is 21.1 Å². The van der Waals surface area contributed by atoms with Crippen LogP contribution in [0.3, 0.4) is 0 Å². The predicted molar refractivity (Wildman–Crippen MR) is 95.5 cm³/mol. The minimum atomic E-state index is -3.71. The molecule has 2 aliphatic rings. The molecule has 0 bridgehead atoms. The van der Waals surface area contributed by atoms with E-state index in [0.717, 1.165) is 0 Å². The lowest BCUT2D eigenvalue weighted by atomic mass is 10.2. The second-order valence-corrected chi connectivity index (χ2v) is 8.25. The Bertz CT molecular complexity index is 987. The molecule has 0 spiro atoms. The molecule has 0 atom stereocenters. The number of nitrogens with one attached hydrogen (secondary N) is 1. The van der Waals surface area contributed by atoms with Crippen LogP contribution in [0, 0.1) is 0 Å². The van der Waals surface area contributed by atoms with Gasteiger partial charge in [0.1, 0.15) is 5.75 Å². The van der Waals surface area contributed by atoms with Crippen LogP contribution in [0.15, 0.2) is 41.3 Å². The molecule has 136 valence electrons. The van der Waals surface area contributed by atoms with E-state index in [1.54, 1.807) is 18.2 Å². The van der Waals surface area contributed by atoms with Gasteiger partial charge in [0, 0.05) is 18.1 Å². The van der Waals surface area contributed by atoms with Crippen molar-refractivity contribution in [2.24, 2.45) is 0 Å². The van der Waals surface area contributed by atoms with Gasteiger partial charge in [0.25, 0.3) is 5.91 Å². The van der Waals surface area contributed by atoms with E-state index in [1.807, 2.05) is 0 Å². The molecular formula is C17H15ClN2O5S. The van der Waals surface area contributed by atoms with Gasteiger partial charge in [0.2, 0.25) is 10.0 Å². The minimum Gasteiger partial charge on any atom is -0.454 e. The lowest BCUT2D eigenvalue weighted by molar-refractivity contribution is 0.0730. The molecule has 2 heterocycles. The summed E-state index contributed by atoms with van der Waals surface area (Å²) in [5.41, 5.74) is 0.572. The lowest BCUT2D eigenvalue weighted by Crippen LogP contribution is -2.40. The molecule has 1 amide bonds. The Morgan fingerprint density at radius 3 is 2.54 bits per heavy atom. The number of ether oxygens (including phenoxy) is 2. The number of amides is 1. The summed E-state index contributed by atoms with van der Waals surface area (Å²) in [5.74, 6) is 0.259. The first-order valence-electron chi connectivity index (χ1n) is 7.96. The number of benzene rings is 2. The number of morpholine rings is 1. The average Bonchev–Trinajstić information content (AvgIpc) is 2.77. The molecule has 2 aromatic carbocycles. The van der Waals surface area contributed by atoms with Crippen LogP contribution in [0.1, 0.15) is 10.4 Å². The first kappa shape index (κ1) is 17.3. The molecule has 0 radical (unpaired) electrons. The predicted octanol–water partition coefficient (Wildman–Crippen LogP) is 2.72. The van der Waals surface area contributed by atoms with E-state index >= 15 is 0 Å². The zero-order valence-electron chi connectivity index (χ0n) is 13.6. The summed E-state index contributed by atoms with van der Waals surface area (Å²) in [6.07, 6.45) is 0. The average molecular weight is 395 g/mol. The molecule has 2 aromatic rings. The first-order chi connectivity index (χ1) is 12.4. The molecule has 1 N–H and O–H groups in total. The zero-order valence-corrected chi connectivity index (χ0v) is 15.1. The van der Waals surface area contributed by atoms with Crippen molar-refractivity contribution in [1.29, 1.82) is 0 Å². The molecule has 4 rings (SSSR count). The van der Waals surface area contributed by atoms with Crippen LogP contribution in [0.25, 0.3) is 0 Å². The number of anilines is 1. The Kier molecular flexibility index (Phi) is 4.36. The standard InChI is InChI=1S/C17H15ClN2O5S/c18-11-1-3-16-14(9-11)19-17(21)13-10-12(2-4-15(13)25-16)26(22,23)20-5-7-24-8-6-20/h1-4,9-10H,5-8H2,(H,19,21). The summed E-state index contributed by atoms with van der Waals surface area (Å²) < 4.78 is 37.9. The maximum absolute atomic E-state index is 12.8. The maximum Gasteiger partial charge on any atom is 0.259 e. The summed E-state index contributed by atoms with van der Waals surface area (Å²) in [6.45, 7) is 1.27. The Hall–Kier alpha value is -2.13. The normalized spacial score (nSPS) is 17.5. The molecule has 9 heteroatoms. The summed E-state index contributed by atoms with van der Waals surface area (Å²) in [7, 11) is -3.71. The largest absolute Gasteiger partial charge is 0.454 e. The van der Waals surface area contributed by atoms with E-state index in [-0.39, 0.29) is 29.3 Å². The first-order valence-corrected chi connectivity index (χ1v) is 9.78. The lowest BCUT2D eigenvalue weighted by Gasteiger charge is -2.26. The van der Waals surface area contributed by atoms with Crippen LogP contribution in [-0.4, -0.2) is 44.9 Å². The van der Waals surface area contributed by atoms with Crippen LogP contribution in [0.5, 0.6) is 11.5 Å². The van der Waals surface area contributed by atoms with Crippen molar-refractivity contribution in [3.05, 3.63) is 47.0 Å². The number of halogens is 1. The van der Waals surface area contributed by atoms with Crippen molar-refractivity contribution >= 4 is 33.2 Å². The van der Waals surface area contributed by atoms with Crippen LogP contribution < -0.4 is 10.1 Å². The van der Waals surface area contributed by atoms with Crippen molar-refractivity contribution < 1.29 is 22.7 Å². The Balaban J connectivity index is 1.73. The summed E-state index contributed by atoms with van der Waals surface area (Å²) in [6, 6.07) is 9.14. The third-order valence-electron chi connectivity index (χ3n) is 4.21. The van der Waals surface area contributed by atoms with Gasteiger partial charge in [-0.15, -0.1) is 0 Å². The van der Waals surface area contributed by atoms with Crippen molar-refractivity contribution in [2.45, 2.75) is 4.90 Å². The van der Waals surface area contributed by atoms with Gasteiger partial charge in [-0.1, -0.05) is 11.6 Å². The fourth-order valence-corrected chi connectivity index (χ4v) is 4.48. The molecule has 0 unspecified atom stereocenters. The molecule has 0 saturated carbocycles. The van der Waals surface area contributed by atoms with Gasteiger partial charge >= 0.3 is 0 Å². The highest BCUT2D eigenvalue weighted by Gasteiger charge is 2.29. The molecule has 2 aliphatic heterocycles. The Morgan fingerprint density at radius 1 is 1.04 bits per heavy atom. The summed E-state index contributed by atoms with van der Waals surface area (Å²) in [4.78, 5) is 12.6. The van der Waals surface area contributed by atoms with E-state index < -0.39 is 15.9 Å². The molecule has 1 fully saturated rings. The van der Waals surface area contributed by atoms with E-state index in [1.165, 1.54) is 22.5 Å². The van der Waals surface area contributed by atoms with Crippen LogP contribution in [0.2, 0.25) is 5.02 Å². The van der Waals surface area contributed by atoms with Gasteiger partial charge in [-0.25, -0.2) is 8.42 Å². The van der Waals surface area contributed by atoms with Gasteiger partial charge in [-0.2, -0.15) is 4.31 Å². The summed E-state index contributed by atoms with van der Waals surface area (Å²) in [5, 5.41) is 3.15. The van der Waals surface area contributed by atoms with E-state index in [9.17, 15) is 13.2 Å². The second-order valence-electron chi connectivity index (χ2n) is 5.87. The van der Waals surface area contributed by atoms with Gasteiger partial charge in [0.15, 0.2) is 5.75 Å². The van der Waals surface area contributed by atoms with Crippen LogP contribution in [0.4, 0.5) is 5.69 Å². The molecule has 7 nitrogen and oxygen atoms in total. The van der Waals surface area contributed by atoms with Crippen molar-refractivity contribution in [3.63, 3.8) is 0 Å². The van der Waals surface area contributed by atoms with Gasteiger partial charge in [-0.3, -0.25) is 4.79 Å². The quantitative estimate of drug-likeness (QED) is 0.846. The number of fused-ring (bicyclic) bond motifs is 2. The molecular weight excluding hydrogens is 380 g/mol. The number of nitrogens with zero attached hydrogens (tertiary/aromatic N) is 1. The number of sulfonamides is 1. The fourth-order valence-electron chi connectivity index (χ4n) is 2.87. The van der Waals surface area contributed by atoms with E-state index in [2.05, 4.69) is 5.32 Å². The summed E-state index contributed by atoms with van der Waals surface area (Å²) >= 11 is 5.96. The van der Waals surface area contributed by atoms with Gasteiger partial charge < -0.3 is 14.8 Å². The maximum atomic E-state index is 12.8. The Labute approximate surface area is 155 Å². The van der Waals surface area contributed by atoms with Gasteiger partial charge in [-0.05, 0) is 36.4 Å². The highest BCUT2D eigenvalue weighted by atomic mass is 35.5. The highest BCUT2D eigenvalue weighted by molar-refractivity contribution is 7.89. The molecule has 0 aliphatic carbocycles. The molecule has 1 saturated heterocycles. The van der Waals surface area contributed by atoms with Crippen molar-refractivity contribution in [1.82, 2.24) is 4.31 Å². The topological polar surface area (TPSA) is 84.9 Å². The number of carbonyl (C=O) groups is 1. The van der Waals surface area contributed by atoms with Crippen molar-refractivity contribution in [2.75, 3.05) is 31.6 Å². The monoisotopic (exact) mass is 394 g/mol. The highest BCUT2D eigenvalue weighted by Crippen LogP contribution is 2.38. The minimum absolute atomic E-state index is 0.0425. The molecule has 26 heavy (non-hydrogen) atoms. The third-order valence-corrected chi connectivity index (χ3v) is 6.34. The van der Waals surface area contributed by atoms with E-state index in [0.29, 0.717) is 29.7 Å². The number of rotatable bonds is 2. The number of hydrogen-bond donors (Lipinski definition) is 1. The van der Waals surface area contributed by atoms with Crippen molar-refractivity contribution in [3.8, 4) is 11.5 Å². The number of hydrogen-bond acceptors (Lipinski definition) is 5. The SMILES string of the molecule is O=C1Nc2cc(Cl)ccc2Oc2ccc(S(=O)(=O)N3CCOCC3)cc21. The Morgan fingerprint density at radius 2 is 1.77 bits per heavy atom. The zero-order chi connectivity index (χ0) is 18.3. The van der Waals surface area contributed by atoms with Crippen LogP contribution >= 0.6 is 11.6 Å².